The summed E-state index contributed by atoms with van der Waals surface area (Å²) < 4.78 is 9.48. The van der Waals surface area contributed by atoms with E-state index in [9.17, 15) is 0 Å². The fourth-order valence-corrected chi connectivity index (χ4v) is 10.6. The van der Waals surface area contributed by atoms with Crippen molar-refractivity contribution in [1.82, 2.24) is 4.57 Å². The van der Waals surface area contributed by atoms with Crippen LogP contribution in [0.1, 0.15) is 48.9 Å². The lowest BCUT2D eigenvalue weighted by atomic mass is 9.80. The number of fused-ring (bicyclic) bond motifs is 7. The van der Waals surface area contributed by atoms with Gasteiger partial charge in [-0.25, -0.2) is 0 Å². The van der Waals surface area contributed by atoms with Gasteiger partial charge in [0, 0.05) is 39.2 Å². The Morgan fingerprint density at radius 2 is 1.18 bits per heavy atom. The van der Waals surface area contributed by atoms with E-state index in [0.29, 0.717) is 0 Å². The van der Waals surface area contributed by atoms with Crippen molar-refractivity contribution in [2.45, 2.75) is 44.9 Å². The predicted octanol–water partition coefficient (Wildman–Crippen LogP) is 16.0. The lowest BCUT2D eigenvalue weighted by molar-refractivity contribution is 0.588. The van der Waals surface area contributed by atoms with Crippen LogP contribution in [-0.2, 0) is 18.3 Å². The van der Waals surface area contributed by atoms with E-state index in [1.54, 1.807) is 0 Å². The minimum atomic E-state index is -0.199. The maximum absolute atomic E-state index is 7.11. The van der Waals surface area contributed by atoms with Crippen LogP contribution < -0.4 is 4.90 Å². The van der Waals surface area contributed by atoms with Gasteiger partial charge in [-0.2, -0.15) is 0 Å². The van der Waals surface area contributed by atoms with Gasteiger partial charge in [0.25, 0.3) is 0 Å². The summed E-state index contributed by atoms with van der Waals surface area (Å²) in [5.74, 6) is 1.59. The number of hydrogen-bond acceptors (Lipinski definition) is 2. The number of anilines is 3. The largest absolute Gasteiger partial charge is 0.440 e. The first-order valence-corrected chi connectivity index (χ1v) is 22.1. The Morgan fingerprint density at radius 1 is 0.484 bits per heavy atom. The maximum Gasteiger partial charge on any atom is 0.205 e. The second-order valence-corrected chi connectivity index (χ2v) is 17.5. The van der Waals surface area contributed by atoms with E-state index in [1.165, 1.54) is 84.8 Å². The first-order valence-electron chi connectivity index (χ1n) is 22.1. The lowest BCUT2D eigenvalue weighted by Gasteiger charge is -2.28. The zero-order valence-corrected chi connectivity index (χ0v) is 35.1. The molecule has 3 heteroatoms. The zero-order chi connectivity index (χ0) is 41.4. The molecule has 3 nitrogen and oxygen atoms in total. The Morgan fingerprint density at radius 3 is 2.03 bits per heavy atom. The summed E-state index contributed by atoms with van der Waals surface area (Å²) in [5, 5.41) is 2.46. The summed E-state index contributed by atoms with van der Waals surface area (Å²) in [6.07, 6.45) is 4.72. The average molecular weight is 799 g/mol. The van der Waals surface area contributed by atoms with Gasteiger partial charge in [-0.3, -0.25) is 4.90 Å². The van der Waals surface area contributed by atoms with Gasteiger partial charge >= 0.3 is 0 Å². The zero-order valence-electron chi connectivity index (χ0n) is 35.1. The molecule has 12 rings (SSSR count). The maximum atomic E-state index is 7.11. The van der Waals surface area contributed by atoms with Crippen LogP contribution in [0.3, 0.4) is 0 Å². The molecule has 10 aromatic rings. The molecule has 0 bridgehead atoms. The molecule has 2 aliphatic carbocycles. The molecule has 0 unspecified atom stereocenters. The molecule has 0 saturated carbocycles. The molecule has 62 heavy (non-hydrogen) atoms. The van der Waals surface area contributed by atoms with Crippen LogP contribution in [0.5, 0.6) is 0 Å². The Hall–Kier alpha value is -7.36. The van der Waals surface area contributed by atoms with Crippen LogP contribution in [-0.4, -0.2) is 4.57 Å². The van der Waals surface area contributed by atoms with Crippen molar-refractivity contribution in [3.8, 4) is 50.4 Å². The van der Waals surface area contributed by atoms with Gasteiger partial charge in [0.15, 0.2) is 0 Å². The average Bonchev–Trinajstić information content (AvgIpc) is 4.01. The molecule has 0 fully saturated rings. The SMILES string of the molecule is CC1(C)c2ccccc2-c2c(-c3cccc4c3CCCC4)cc(N(c3ccc(-c4ccccc4)cc3)c3ccc(-c4ccc5c6ccccc6n(-c6ccccc6)c5c4)o3)cc21. The number of nitrogens with zero attached hydrogens (tertiary/aromatic N) is 2. The smallest absolute Gasteiger partial charge is 0.205 e. The highest BCUT2D eigenvalue weighted by Crippen LogP contribution is 2.55. The number of para-hydroxylation sites is 2. The van der Waals surface area contributed by atoms with Gasteiger partial charge in [0.1, 0.15) is 5.76 Å². The lowest BCUT2D eigenvalue weighted by Crippen LogP contribution is -2.17. The Labute approximate surface area is 363 Å². The molecule has 8 aromatic carbocycles. The number of hydrogen-bond donors (Lipinski definition) is 0. The molecule has 0 atom stereocenters. The summed E-state index contributed by atoms with van der Waals surface area (Å²) in [6.45, 7) is 4.78. The van der Waals surface area contributed by atoms with Crippen LogP contribution in [0.25, 0.3) is 72.2 Å². The fourth-order valence-electron chi connectivity index (χ4n) is 10.6. The number of benzene rings is 8. The molecule has 0 N–H and O–H groups in total. The quantitative estimate of drug-likeness (QED) is 0.160. The third-order valence-corrected chi connectivity index (χ3v) is 13.6. The van der Waals surface area contributed by atoms with Crippen LogP contribution >= 0.6 is 0 Å². The highest BCUT2D eigenvalue weighted by Gasteiger charge is 2.38. The normalized spacial score (nSPS) is 13.8. The van der Waals surface area contributed by atoms with Crippen molar-refractivity contribution >= 4 is 39.1 Å². The molecule has 2 heterocycles. The highest BCUT2D eigenvalue weighted by atomic mass is 16.4. The minimum Gasteiger partial charge on any atom is -0.440 e. The molecule has 0 aliphatic heterocycles. The van der Waals surface area contributed by atoms with E-state index in [4.69, 9.17) is 4.42 Å². The molecule has 2 aliphatic rings. The third kappa shape index (κ3) is 5.79. The van der Waals surface area contributed by atoms with Gasteiger partial charge in [-0.1, -0.05) is 147 Å². The summed E-state index contributed by atoms with van der Waals surface area (Å²) in [4.78, 5) is 2.33. The monoisotopic (exact) mass is 798 g/mol. The summed E-state index contributed by atoms with van der Waals surface area (Å²) in [7, 11) is 0. The Kier molecular flexibility index (Phi) is 8.47. The molecule has 2 aromatic heterocycles. The van der Waals surface area contributed by atoms with Crippen LogP contribution in [0.15, 0.2) is 199 Å². The molecule has 0 spiro atoms. The number of aromatic nitrogens is 1. The summed E-state index contributed by atoms with van der Waals surface area (Å²) in [5.41, 5.74) is 19.9. The molecule has 0 amide bonds. The Bertz CT molecular complexity index is 3310. The Balaban J connectivity index is 1.06. The van der Waals surface area contributed by atoms with Gasteiger partial charge in [0.05, 0.1) is 16.7 Å². The molecular formula is C59H46N2O. The first-order chi connectivity index (χ1) is 30.5. The first kappa shape index (κ1) is 36.5. The van der Waals surface area contributed by atoms with Crippen LogP contribution in [0.2, 0.25) is 0 Å². The molecule has 298 valence electrons. The van der Waals surface area contributed by atoms with E-state index in [0.717, 1.165) is 52.6 Å². The van der Waals surface area contributed by atoms with Gasteiger partial charge < -0.3 is 8.98 Å². The second-order valence-electron chi connectivity index (χ2n) is 17.5. The van der Waals surface area contributed by atoms with Gasteiger partial charge in [0.2, 0.25) is 5.88 Å². The number of aryl methyl sites for hydroxylation is 1. The molecule has 0 radical (unpaired) electrons. The topological polar surface area (TPSA) is 21.3 Å². The predicted molar refractivity (Wildman–Crippen MR) is 258 cm³/mol. The van der Waals surface area contributed by atoms with E-state index < -0.39 is 0 Å². The van der Waals surface area contributed by atoms with E-state index in [1.807, 2.05) is 0 Å². The highest BCUT2D eigenvalue weighted by molar-refractivity contribution is 6.10. The number of furan rings is 1. The van der Waals surface area contributed by atoms with Crippen molar-refractivity contribution in [3.05, 3.63) is 216 Å². The fraction of sp³-hybridized carbons (Fsp3) is 0.119. The van der Waals surface area contributed by atoms with Crippen molar-refractivity contribution in [2.24, 2.45) is 0 Å². The van der Waals surface area contributed by atoms with Crippen molar-refractivity contribution < 1.29 is 4.42 Å². The third-order valence-electron chi connectivity index (χ3n) is 13.6. The van der Waals surface area contributed by atoms with Crippen LogP contribution in [0, 0.1) is 0 Å². The molecule has 0 saturated heterocycles. The van der Waals surface area contributed by atoms with Gasteiger partial charge in [-0.15, -0.1) is 0 Å². The van der Waals surface area contributed by atoms with Crippen molar-refractivity contribution in [1.29, 1.82) is 0 Å². The van der Waals surface area contributed by atoms with E-state index in [-0.39, 0.29) is 5.41 Å². The van der Waals surface area contributed by atoms with E-state index >= 15 is 0 Å². The van der Waals surface area contributed by atoms with E-state index in [2.05, 4.69) is 217 Å². The standard InChI is InChI=1S/C59H46N2O/c1-59(2)52-26-13-11-24-50(52)58-51(47-25-15-19-41-18-9-10-22-46(41)47)37-45(38-53(58)59)60(44-31-28-40(29-32-44)39-16-5-3-6-17-39)57-35-34-56(62-57)42-30-33-49-48-23-12-14-27-54(48)61(55(49)36-42)43-20-7-4-8-21-43/h3-8,11-17,19-21,23-38H,9-10,18,22H2,1-2H3. The minimum absolute atomic E-state index is 0.199. The second kappa shape index (κ2) is 14.4. The van der Waals surface area contributed by atoms with Crippen LogP contribution in [0.4, 0.5) is 17.3 Å². The van der Waals surface area contributed by atoms with Crippen molar-refractivity contribution in [2.75, 3.05) is 4.90 Å². The van der Waals surface area contributed by atoms with Crippen molar-refractivity contribution in [3.63, 3.8) is 0 Å². The summed E-state index contributed by atoms with van der Waals surface area (Å²) in [6, 6.07) is 70.9. The summed E-state index contributed by atoms with van der Waals surface area (Å²) >= 11 is 0. The molecular weight excluding hydrogens is 753 g/mol. The van der Waals surface area contributed by atoms with Gasteiger partial charge in [-0.05, 0) is 136 Å². The number of rotatable bonds is 7.